The molecule has 0 spiro atoms. The van der Waals surface area contributed by atoms with Crippen molar-refractivity contribution in [1.82, 2.24) is 0 Å². The van der Waals surface area contributed by atoms with Gasteiger partial charge in [0.2, 0.25) is 0 Å². The molecule has 0 aromatic heterocycles. The molecule has 0 unspecified atom stereocenters. The topological polar surface area (TPSA) is 46.2 Å². The van der Waals surface area contributed by atoms with Gasteiger partial charge in [-0.15, -0.1) is 0 Å². The number of rotatable bonds is 2. The standard InChI is InChI=1S/C9H7BrF5NO/c10-3-1-4(6(16)8(11)12)7(17)5(2-3)9(13,14)15/h1-2,6,8,17H,16H2/t6-/m0/s1. The van der Waals surface area contributed by atoms with Crippen LogP contribution in [-0.4, -0.2) is 11.5 Å². The lowest BCUT2D eigenvalue weighted by Crippen LogP contribution is -2.20. The summed E-state index contributed by atoms with van der Waals surface area (Å²) in [6.45, 7) is 0. The summed E-state index contributed by atoms with van der Waals surface area (Å²) in [6.07, 6.45) is -7.92. The van der Waals surface area contributed by atoms with Gasteiger partial charge in [0.25, 0.3) is 6.43 Å². The highest BCUT2D eigenvalue weighted by Gasteiger charge is 2.36. The summed E-state index contributed by atoms with van der Waals surface area (Å²) in [7, 11) is 0. The van der Waals surface area contributed by atoms with Gasteiger partial charge in [0, 0.05) is 10.0 Å². The number of phenolic OH excluding ortho intramolecular Hbond substituents is 1. The maximum absolute atomic E-state index is 12.5. The van der Waals surface area contributed by atoms with Crippen LogP contribution >= 0.6 is 15.9 Å². The number of nitrogens with two attached hydrogens (primary N) is 1. The number of aromatic hydroxyl groups is 1. The average Bonchev–Trinajstić information content (AvgIpc) is 2.18. The summed E-state index contributed by atoms with van der Waals surface area (Å²) < 4.78 is 61.9. The quantitative estimate of drug-likeness (QED) is 0.820. The second-order valence-corrected chi connectivity index (χ2v) is 4.16. The van der Waals surface area contributed by atoms with E-state index in [1.54, 1.807) is 0 Å². The van der Waals surface area contributed by atoms with E-state index in [0.29, 0.717) is 6.07 Å². The monoisotopic (exact) mass is 319 g/mol. The number of benzene rings is 1. The molecule has 17 heavy (non-hydrogen) atoms. The highest BCUT2D eigenvalue weighted by Crippen LogP contribution is 2.41. The van der Waals surface area contributed by atoms with Gasteiger partial charge in [-0.25, -0.2) is 8.78 Å². The Morgan fingerprint density at radius 2 is 1.76 bits per heavy atom. The molecule has 0 aliphatic carbocycles. The van der Waals surface area contributed by atoms with Gasteiger partial charge in [-0.2, -0.15) is 13.2 Å². The summed E-state index contributed by atoms with van der Waals surface area (Å²) >= 11 is 2.75. The van der Waals surface area contributed by atoms with Crippen molar-refractivity contribution in [1.29, 1.82) is 0 Å². The van der Waals surface area contributed by atoms with Gasteiger partial charge in [-0.1, -0.05) is 15.9 Å². The van der Waals surface area contributed by atoms with Crippen molar-refractivity contribution in [2.24, 2.45) is 5.73 Å². The maximum atomic E-state index is 12.5. The van der Waals surface area contributed by atoms with Crippen LogP contribution in [0.25, 0.3) is 0 Å². The Morgan fingerprint density at radius 3 is 2.18 bits per heavy atom. The number of halogens is 6. The second-order valence-electron chi connectivity index (χ2n) is 3.25. The zero-order valence-electron chi connectivity index (χ0n) is 8.10. The van der Waals surface area contributed by atoms with Crippen molar-refractivity contribution < 1.29 is 27.1 Å². The molecule has 1 rings (SSSR count). The van der Waals surface area contributed by atoms with Crippen LogP contribution in [0.5, 0.6) is 5.75 Å². The summed E-state index contributed by atoms with van der Waals surface area (Å²) in [6, 6.07) is -0.452. The number of phenols is 1. The lowest BCUT2D eigenvalue weighted by Gasteiger charge is -2.17. The third-order valence-corrected chi connectivity index (χ3v) is 2.50. The third kappa shape index (κ3) is 3.06. The van der Waals surface area contributed by atoms with Crippen LogP contribution in [0.15, 0.2) is 16.6 Å². The highest BCUT2D eigenvalue weighted by atomic mass is 79.9. The minimum atomic E-state index is -4.84. The fraction of sp³-hybridized carbons (Fsp3) is 0.333. The van der Waals surface area contributed by atoms with E-state index in [2.05, 4.69) is 15.9 Å². The van der Waals surface area contributed by atoms with E-state index in [-0.39, 0.29) is 4.47 Å². The third-order valence-electron chi connectivity index (χ3n) is 2.04. The van der Waals surface area contributed by atoms with Crippen molar-refractivity contribution in [3.8, 4) is 5.75 Å². The maximum Gasteiger partial charge on any atom is 0.420 e. The van der Waals surface area contributed by atoms with Crippen LogP contribution in [0.4, 0.5) is 22.0 Å². The molecule has 0 saturated carbocycles. The molecule has 96 valence electrons. The SMILES string of the molecule is N[C@@H](c1cc(Br)cc(C(F)(F)F)c1O)C(F)F. The molecule has 0 saturated heterocycles. The summed E-state index contributed by atoms with van der Waals surface area (Å²) in [5, 5.41) is 9.31. The Morgan fingerprint density at radius 1 is 1.24 bits per heavy atom. The van der Waals surface area contributed by atoms with Gasteiger partial charge >= 0.3 is 6.18 Å². The fourth-order valence-electron chi connectivity index (χ4n) is 1.23. The number of alkyl halides is 5. The Bertz CT molecular complexity index is 421. The van der Waals surface area contributed by atoms with Gasteiger partial charge in [0.05, 0.1) is 11.6 Å². The van der Waals surface area contributed by atoms with Crippen LogP contribution < -0.4 is 5.73 Å². The van der Waals surface area contributed by atoms with Crippen LogP contribution in [0.2, 0.25) is 0 Å². The zero-order valence-corrected chi connectivity index (χ0v) is 9.69. The number of hydrogen-bond donors (Lipinski definition) is 2. The first-order valence-corrected chi connectivity index (χ1v) is 5.07. The van der Waals surface area contributed by atoms with Gasteiger partial charge in [-0.3, -0.25) is 0 Å². The molecule has 3 N–H and O–H groups in total. The molecule has 0 heterocycles. The van der Waals surface area contributed by atoms with Crippen LogP contribution in [-0.2, 0) is 6.18 Å². The van der Waals surface area contributed by atoms with E-state index in [9.17, 15) is 27.1 Å². The summed E-state index contributed by atoms with van der Waals surface area (Å²) in [5.74, 6) is -1.27. The second kappa shape index (κ2) is 4.77. The zero-order chi connectivity index (χ0) is 13.4. The lowest BCUT2D eigenvalue weighted by molar-refractivity contribution is -0.138. The molecule has 8 heteroatoms. The minimum Gasteiger partial charge on any atom is -0.507 e. The molecule has 0 bridgehead atoms. The molecular formula is C9H7BrF5NO. The summed E-state index contributed by atoms with van der Waals surface area (Å²) in [5.41, 5.74) is 2.97. The smallest absolute Gasteiger partial charge is 0.420 e. The lowest BCUT2D eigenvalue weighted by atomic mass is 10.0. The summed E-state index contributed by atoms with van der Waals surface area (Å²) in [4.78, 5) is 0. The minimum absolute atomic E-state index is 0.0891. The van der Waals surface area contributed by atoms with E-state index in [1.807, 2.05) is 0 Å². The first-order chi connectivity index (χ1) is 7.64. The molecule has 0 aliphatic rings. The van der Waals surface area contributed by atoms with Crippen molar-refractivity contribution in [2.45, 2.75) is 18.6 Å². The molecule has 2 nitrogen and oxygen atoms in total. The Labute approximate surface area is 101 Å². The van der Waals surface area contributed by atoms with Crippen molar-refractivity contribution in [3.63, 3.8) is 0 Å². The molecule has 0 amide bonds. The Kier molecular flexibility index (Phi) is 3.98. The van der Waals surface area contributed by atoms with Gasteiger partial charge in [-0.05, 0) is 12.1 Å². The van der Waals surface area contributed by atoms with Crippen LogP contribution in [0.1, 0.15) is 17.2 Å². The first kappa shape index (κ1) is 14.2. The predicted molar refractivity (Wildman–Crippen MR) is 53.7 cm³/mol. The first-order valence-electron chi connectivity index (χ1n) is 4.28. The Balaban J connectivity index is 3.39. The average molecular weight is 320 g/mol. The van der Waals surface area contributed by atoms with E-state index in [0.717, 1.165) is 6.07 Å². The molecular weight excluding hydrogens is 313 g/mol. The Hall–Kier alpha value is -0.890. The van der Waals surface area contributed by atoms with Crippen molar-refractivity contribution >= 4 is 15.9 Å². The number of hydrogen-bond acceptors (Lipinski definition) is 2. The molecule has 0 radical (unpaired) electrons. The largest absolute Gasteiger partial charge is 0.507 e. The van der Waals surface area contributed by atoms with Crippen LogP contribution in [0.3, 0.4) is 0 Å². The van der Waals surface area contributed by atoms with E-state index >= 15 is 0 Å². The van der Waals surface area contributed by atoms with Gasteiger partial charge < -0.3 is 10.8 Å². The molecule has 1 atom stereocenters. The van der Waals surface area contributed by atoms with E-state index in [4.69, 9.17) is 5.73 Å². The van der Waals surface area contributed by atoms with Crippen LogP contribution in [0, 0.1) is 0 Å². The fourth-order valence-corrected chi connectivity index (χ4v) is 1.70. The molecule has 1 aromatic carbocycles. The molecule has 1 aromatic rings. The highest BCUT2D eigenvalue weighted by molar-refractivity contribution is 9.10. The van der Waals surface area contributed by atoms with E-state index < -0.39 is 35.5 Å². The predicted octanol–water partition coefficient (Wildman–Crippen LogP) is 3.44. The van der Waals surface area contributed by atoms with Gasteiger partial charge in [0.1, 0.15) is 5.75 Å². The van der Waals surface area contributed by atoms with Crippen molar-refractivity contribution in [3.05, 3.63) is 27.7 Å². The van der Waals surface area contributed by atoms with Crippen molar-refractivity contribution in [2.75, 3.05) is 0 Å². The molecule has 0 fully saturated rings. The van der Waals surface area contributed by atoms with E-state index in [1.165, 1.54) is 0 Å². The normalized spacial score (nSPS) is 14.1. The molecule has 0 aliphatic heterocycles. The van der Waals surface area contributed by atoms with Gasteiger partial charge in [0.15, 0.2) is 0 Å².